The van der Waals surface area contributed by atoms with E-state index in [-0.39, 0.29) is 11.0 Å². The van der Waals surface area contributed by atoms with Gasteiger partial charge in [0, 0.05) is 16.5 Å². The molecule has 0 amide bonds. The molecule has 0 unspecified atom stereocenters. The highest BCUT2D eigenvalue weighted by Crippen LogP contribution is 2.32. The molecular formula is C22H24N2O. The quantitative estimate of drug-likeness (QED) is 0.635. The second-order valence-corrected chi connectivity index (χ2v) is 6.91. The van der Waals surface area contributed by atoms with Gasteiger partial charge in [-0.3, -0.25) is 4.79 Å². The van der Waals surface area contributed by atoms with Crippen molar-refractivity contribution >= 4 is 17.1 Å². The van der Waals surface area contributed by atoms with E-state index in [9.17, 15) is 4.79 Å². The molecule has 1 aromatic heterocycles. The number of pyridine rings is 1. The van der Waals surface area contributed by atoms with Crippen LogP contribution in [0.15, 0.2) is 59.4 Å². The largest absolute Gasteiger partial charge is 0.322 e. The number of rotatable bonds is 6. The topological polar surface area (TPSA) is 56.7 Å². The third-order valence-electron chi connectivity index (χ3n) is 4.99. The van der Waals surface area contributed by atoms with Crippen LogP contribution < -0.4 is 5.56 Å². The first-order chi connectivity index (χ1) is 12.1. The van der Waals surface area contributed by atoms with Gasteiger partial charge in [-0.15, -0.1) is 0 Å². The Bertz CT molecular complexity index is 943. The Hall–Kier alpha value is -2.68. The molecule has 0 fully saturated rings. The van der Waals surface area contributed by atoms with Gasteiger partial charge in [0.2, 0.25) is 0 Å². The van der Waals surface area contributed by atoms with Crippen molar-refractivity contribution in [1.29, 1.82) is 5.41 Å². The lowest BCUT2D eigenvalue weighted by Crippen LogP contribution is -2.25. The molecule has 1 atom stereocenters. The molecule has 0 saturated carbocycles. The van der Waals surface area contributed by atoms with Crippen LogP contribution in [0.25, 0.3) is 10.9 Å². The van der Waals surface area contributed by atoms with Gasteiger partial charge in [0.15, 0.2) is 0 Å². The van der Waals surface area contributed by atoms with Crippen LogP contribution in [-0.4, -0.2) is 11.2 Å². The Morgan fingerprint density at radius 2 is 1.88 bits per heavy atom. The Kier molecular flexibility index (Phi) is 4.84. The normalized spacial score (nSPS) is 13.5. The fourth-order valence-corrected chi connectivity index (χ4v) is 3.45. The first-order valence-corrected chi connectivity index (χ1v) is 8.75. The van der Waals surface area contributed by atoms with E-state index in [1.165, 1.54) is 11.8 Å². The summed E-state index contributed by atoms with van der Waals surface area (Å²) in [5, 5.41) is 8.69. The predicted octanol–water partition coefficient (Wildman–Crippen LogP) is 4.63. The summed E-state index contributed by atoms with van der Waals surface area (Å²) in [6.07, 6.45) is 3.72. The first-order valence-electron chi connectivity index (χ1n) is 8.75. The van der Waals surface area contributed by atoms with Crippen molar-refractivity contribution in [3.8, 4) is 0 Å². The lowest BCUT2D eigenvalue weighted by Gasteiger charge is -2.29. The molecule has 0 aliphatic rings. The highest BCUT2D eigenvalue weighted by Gasteiger charge is 2.26. The van der Waals surface area contributed by atoms with Gasteiger partial charge in [0.25, 0.3) is 5.56 Å². The molecule has 3 aromatic rings. The first kappa shape index (κ1) is 17.2. The zero-order valence-corrected chi connectivity index (χ0v) is 14.8. The standard InChI is InChI=1S/C22H24N2O/c1-3-17-13-18-9-10-19(14-20(18)24-21(17)25)22(2,11-12-23)15-16-7-5-4-6-8-16/h4-10,12-14,23H,3,11,15H2,1-2H3,(H,24,25)/t22-/m1/s1. The summed E-state index contributed by atoms with van der Waals surface area (Å²) in [5.74, 6) is 0. The zero-order valence-electron chi connectivity index (χ0n) is 14.8. The van der Waals surface area contributed by atoms with Crippen LogP contribution in [-0.2, 0) is 18.3 Å². The minimum Gasteiger partial charge on any atom is -0.322 e. The van der Waals surface area contributed by atoms with E-state index in [0.717, 1.165) is 34.9 Å². The molecule has 0 radical (unpaired) electrons. The molecule has 3 nitrogen and oxygen atoms in total. The van der Waals surface area contributed by atoms with Crippen molar-refractivity contribution in [3.63, 3.8) is 0 Å². The summed E-state index contributed by atoms with van der Waals surface area (Å²) in [6, 6.07) is 18.6. The SMILES string of the molecule is CCc1cc2ccc([C@](C)(CC=N)Cc3ccccc3)cc2[nH]c1=O. The van der Waals surface area contributed by atoms with Gasteiger partial charge < -0.3 is 10.4 Å². The number of aromatic nitrogens is 1. The average molecular weight is 332 g/mol. The molecular weight excluding hydrogens is 308 g/mol. The molecule has 0 spiro atoms. The van der Waals surface area contributed by atoms with Gasteiger partial charge in [-0.1, -0.05) is 56.3 Å². The molecule has 2 N–H and O–H groups in total. The maximum Gasteiger partial charge on any atom is 0.251 e. The Balaban J connectivity index is 2.06. The van der Waals surface area contributed by atoms with Crippen LogP contribution in [0.2, 0.25) is 0 Å². The smallest absolute Gasteiger partial charge is 0.251 e. The van der Waals surface area contributed by atoms with Crippen molar-refractivity contribution < 1.29 is 0 Å². The molecule has 0 saturated heterocycles. The molecule has 128 valence electrons. The third-order valence-corrected chi connectivity index (χ3v) is 4.99. The summed E-state index contributed by atoms with van der Waals surface area (Å²) in [7, 11) is 0. The maximum absolute atomic E-state index is 12.2. The van der Waals surface area contributed by atoms with E-state index < -0.39 is 0 Å². The number of fused-ring (bicyclic) bond motifs is 1. The summed E-state index contributed by atoms with van der Waals surface area (Å²) < 4.78 is 0. The molecule has 1 heterocycles. The fraction of sp³-hybridized carbons (Fsp3) is 0.273. The number of aromatic amines is 1. The van der Waals surface area contributed by atoms with Crippen molar-refractivity contribution in [2.45, 2.75) is 38.5 Å². The van der Waals surface area contributed by atoms with Gasteiger partial charge >= 0.3 is 0 Å². The van der Waals surface area contributed by atoms with Gasteiger partial charge in [-0.2, -0.15) is 0 Å². The zero-order chi connectivity index (χ0) is 17.9. The number of hydrogen-bond donors (Lipinski definition) is 2. The molecule has 0 aliphatic heterocycles. The Morgan fingerprint density at radius 1 is 1.12 bits per heavy atom. The Labute approximate surface area is 148 Å². The van der Waals surface area contributed by atoms with Crippen LogP contribution in [0.3, 0.4) is 0 Å². The van der Waals surface area contributed by atoms with E-state index in [2.05, 4.69) is 42.2 Å². The van der Waals surface area contributed by atoms with Crippen molar-refractivity contribution in [2.75, 3.05) is 0 Å². The molecule has 2 aromatic carbocycles. The van der Waals surface area contributed by atoms with Gasteiger partial charge in [0.05, 0.1) is 0 Å². The summed E-state index contributed by atoms with van der Waals surface area (Å²) in [6.45, 7) is 4.18. The molecule has 0 bridgehead atoms. The molecule has 3 heteroatoms. The van der Waals surface area contributed by atoms with Crippen molar-refractivity contribution in [2.24, 2.45) is 0 Å². The number of benzene rings is 2. The van der Waals surface area contributed by atoms with E-state index in [1.807, 2.05) is 31.2 Å². The second kappa shape index (κ2) is 7.06. The minimum absolute atomic E-state index is 0.0102. The van der Waals surface area contributed by atoms with Crippen molar-refractivity contribution in [1.82, 2.24) is 4.98 Å². The highest BCUT2D eigenvalue weighted by molar-refractivity contribution is 5.80. The molecule has 0 aliphatic carbocycles. The van der Waals surface area contributed by atoms with Gasteiger partial charge in [-0.25, -0.2) is 0 Å². The van der Waals surface area contributed by atoms with Crippen molar-refractivity contribution in [3.05, 3.63) is 81.6 Å². The van der Waals surface area contributed by atoms with Crippen LogP contribution in [0.4, 0.5) is 0 Å². The van der Waals surface area contributed by atoms with E-state index >= 15 is 0 Å². The van der Waals surface area contributed by atoms with E-state index in [1.54, 1.807) is 0 Å². The molecule has 3 rings (SSSR count). The Morgan fingerprint density at radius 3 is 2.56 bits per heavy atom. The predicted molar refractivity (Wildman–Crippen MR) is 105 cm³/mol. The summed E-state index contributed by atoms with van der Waals surface area (Å²) in [4.78, 5) is 15.2. The number of nitrogens with one attached hydrogen (secondary N) is 2. The van der Waals surface area contributed by atoms with Gasteiger partial charge in [0.1, 0.15) is 0 Å². The van der Waals surface area contributed by atoms with Crippen LogP contribution in [0.1, 0.15) is 37.0 Å². The van der Waals surface area contributed by atoms with E-state index in [0.29, 0.717) is 6.42 Å². The van der Waals surface area contributed by atoms with Crippen LogP contribution >= 0.6 is 0 Å². The monoisotopic (exact) mass is 332 g/mol. The third kappa shape index (κ3) is 3.55. The number of H-pyrrole nitrogens is 1. The van der Waals surface area contributed by atoms with E-state index in [4.69, 9.17) is 5.41 Å². The minimum atomic E-state index is -0.183. The summed E-state index contributed by atoms with van der Waals surface area (Å²) >= 11 is 0. The van der Waals surface area contributed by atoms with Crippen LogP contribution in [0.5, 0.6) is 0 Å². The maximum atomic E-state index is 12.2. The lowest BCUT2D eigenvalue weighted by atomic mass is 9.75. The van der Waals surface area contributed by atoms with Crippen LogP contribution in [0, 0.1) is 5.41 Å². The summed E-state index contributed by atoms with van der Waals surface area (Å²) in [5.41, 5.74) is 3.88. The fourth-order valence-electron chi connectivity index (χ4n) is 3.45. The molecule has 25 heavy (non-hydrogen) atoms. The highest BCUT2D eigenvalue weighted by atomic mass is 16.1. The lowest BCUT2D eigenvalue weighted by molar-refractivity contribution is 0.492. The average Bonchev–Trinajstić information content (AvgIpc) is 2.61. The second-order valence-electron chi connectivity index (χ2n) is 6.91. The van der Waals surface area contributed by atoms with Gasteiger partial charge in [-0.05, 0) is 54.1 Å². The number of hydrogen-bond acceptors (Lipinski definition) is 2. The number of aryl methyl sites for hydroxylation is 1.